The van der Waals surface area contributed by atoms with Crippen LogP contribution in [0.15, 0.2) is 36.9 Å². The van der Waals surface area contributed by atoms with Crippen molar-refractivity contribution in [1.82, 2.24) is 9.80 Å². The maximum absolute atomic E-state index is 12.1. The van der Waals surface area contributed by atoms with Crippen LogP contribution in [0.3, 0.4) is 0 Å². The van der Waals surface area contributed by atoms with Crippen LogP contribution in [0.2, 0.25) is 0 Å². The van der Waals surface area contributed by atoms with Crippen LogP contribution in [-0.2, 0) is 4.79 Å². The average molecular weight is 302 g/mol. The topological polar surface area (TPSA) is 49.9 Å². The number of rotatable bonds is 6. The molecular weight excluding hydrogens is 280 g/mol. The number of nitrogens with zero attached hydrogens (tertiary/aromatic N) is 2. The van der Waals surface area contributed by atoms with Gasteiger partial charge in [0.1, 0.15) is 5.75 Å². The van der Waals surface area contributed by atoms with Gasteiger partial charge in [-0.3, -0.25) is 14.5 Å². The molecule has 0 atom stereocenters. The number of benzene rings is 1. The Bertz CT molecular complexity index is 531. The molecule has 0 N–H and O–H groups in total. The van der Waals surface area contributed by atoms with Gasteiger partial charge in [0.15, 0.2) is 12.4 Å². The molecule has 0 spiro atoms. The second kappa shape index (κ2) is 7.75. The van der Waals surface area contributed by atoms with E-state index in [2.05, 4.69) is 11.5 Å². The molecule has 0 saturated carbocycles. The summed E-state index contributed by atoms with van der Waals surface area (Å²) in [5, 5.41) is 0. The number of ether oxygens (including phenoxy) is 1. The molecule has 5 heteroatoms. The minimum absolute atomic E-state index is 0.00565. The summed E-state index contributed by atoms with van der Waals surface area (Å²) in [4.78, 5) is 27.4. The minimum Gasteiger partial charge on any atom is -0.484 e. The molecule has 1 heterocycles. The summed E-state index contributed by atoms with van der Waals surface area (Å²) in [6, 6.07) is 6.84. The summed E-state index contributed by atoms with van der Waals surface area (Å²) in [6.45, 7) is 9.31. The largest absolute Gasteiger partial charge is 0.484 e. The van der Waals surface area contributed by atoms with E-state index in [1.54, 1.807) is 24.3 Å². The SMILES string of the molecule is C=CCN1CCN(C(=O)COc2ccc(C(C)=O)cc2)CC1. The highest BCUT2D eigenvalue weighted by Crippen LogP contribution is 2.13. The smallest absolute Gasteiger partial charge is 0.260 e. The maximum atomic E-state index is 12.1. The molecule has 1 amide bonds. The lowest BCUT2D eigenvalue weighted by atomic mass is 10.1. The molecule has 0 unspecified atom stereocenters. The van der Waals surface area contributed by atoms with Gasteiger partial charge in [-0.2, -0.15) is 0 Å². The standard InChI is InChI=1S/C17H22N2O3/c1-3-8-18-9-11-19(12-10-18)17(21)13-22-16-6-4-15(5-7-16)14(2)20/h3-7H,1,8-13H2,2H3. The van der Waals surface area contributed by atoms with E-state index >= 15 is 0 Å². The zero-order valence-corrected chi connectivity index (χ0v) is 13.0. The van der Waals surface area contributed by atoms with Crippen LogP contribution in [-0.4, -0.2) is 60.8 Å². The van der Waals surface area contributed by atoms with Gasteiger partial charge in [0.2, 0.25) is 0 Å². The van der Waals surface area contributed by atoms with E-state index in [1.165, 1.54) is 6.92 Å². The summed E-state index contributed by atoms with van der Waals surface area (Å²) in [5.41, 5.74) is 0.636. The Morgan fingerprint density at radius 2 is 1.82 bits per heavy atom. The zero-order chi connectivity index (χ0) is 15.9. The molecule has 22 heavy (non-hydrogen) atoms. The van der Waals surface area contributed by atoms with Gasteiger partial charge in [0.05, 0.1) is 0 Å². The summed E-state index contributed by atoms with van der Waals surface area (Å²) in [6.07, 6.45) is 1.88. The molecule has 1 saturated heterocycles. The van der Waals surface area contributed by atoms with Gasteiger partial charge in [0.25, 0.3) is 5.91 Å². The molecule has 5 nitrogen and oxygen atoms in total. The van der Waals surface area contributed by atoms with Crippen molar-refractivity contribution in [3.05, 3.63) is 42.5 Å². The fourth-order valence-electron chi connectivity index (χ4n) is 2.38. The second-order valence-corrected chi connectivity index (χ2v) is 5.34. The highest BCUT2D eigenvalue weighted by atomic mass is 16.5. The molecule has 118 valence electrons. The van der Waals surface area contributed by atoms with Crippen molar-refractivity contribution in [3.8, 4) is 5.75 Å². The van der Waals surface area contributed by atoms with E-state index in [4.69, 9.17) is 4.74 Å². The lowest BCUT2D eigenvalue weighted by Crippen LogP contribution is -2.49. The van der Waals surface area contributed by atoms with Crippen LogP contribution < -0.4 is 4.74 Å². The van der Waals surface area contributed by atoms with Crippen molar-refractivity contribution in [1.29, 1.82) is 0 Å². The molecule has 1 aliphatic rings. The number of hydrogen-bond acceptors (Lipinski definition) is 4. The van der Waals surface area contributed by atoms with E-state index in [1.807, 2.05) is 11.0 Å². The molecule has 1 aromatic rings. The van der Waals surface area contributed by atoms with Gasteiger partial charge < -0.3 is 9.64 Å². The Hall–Kier alpha value is -2.14. The average Bonchev–Trinajstić information content (AvgIpc) is 2.54. The number of piperazine rings is 1. The van der Waals surface area contributed by atoms with Gasteiger partial charge in [-0.25, -0.2) is 0 Å². The number of ketones is 1. The highest BCUT2D eigenvalue weighted by molar-refractivity contribution is 5.94. The number of Topliss-reactive ketones (excluding diaryl/α,β-unsaturated/α-hetero) is 1. The van der Waals surface area contributed by atoms with Gasteiger partial charge >= 0.3 is 0 Å². The molecule has 0 radical (unpaired) electrons. The minimum atomic E-state index is -0.00565. The summed E-state index contributed by atoms with van der Waals surface area (Å²) < 4.78 is 5.50. The van der Waals surface area contributed by atoms with Gasteiger partial charge in [0, 0.05) is 38.3 Å². The third-order valence-corrected chi connectivity index (χ3v) is 3.74. The van der Waals surface area contributed by atoms with E-state index in [0.717, 1.165) is 32.7 Å². The van der Waals surface area contributed by atoms with Crippen molar-refractivity contribution in [3.63, 3.8) is 0 Å². The molecule has 1 aromatic carbocycles. The highest BCUT2D eigenvalue weighted by Gasteiger charge is 2.20. The first kappa shape index (κ1) is 16.2. The fraction of sp³-hybridized carbons (Fsp3) is 0.412. The van der Waals surface area contributed by atoms with Crippen molar-refractivity contribution in [2.45, 2.75) is 6.92 Å². The van der Waals surface area contributed by atoms with Gasteiger partial charge in [-0.15, -0.1) is 6.58 Å². The predicted octanol–water partition coefficient (Wildman–Crippen LogP) is 1.60. The first-order chi connectivity index (χ1) is 10.6. The molecule has 2 rings (SSSR count). The molecule has 0 aromatic heterocycles. The monoisotopic (exact) mass is 302 g/mol. The first-order valence-electron chi connectivity index (χ1n) is 7.45. The Morgan fingerprint density at radius 1 is 1.18 bits per heavy atom. The number of carbonyl (C=O) groups excluding carboxylic acids is 2. The number of amides is 1. The van der Waals surface area contributed by atoms with E-state index in [9.17, 15) is 9.59 Å². The first-order valence-corrected chi connectivity index (χ1v) is 7.45. The van der Waals surface area contributed by atoms with Crippen molar-refractivity contribution in [2.75, 3.05) is 39.3 Å². The Kier molecular flexibility index (Phi) is 5.72. The lowest BCUT2D eigenvalue weighted by molar-refractivity contribution is -0.135. The molecule has 0 bridgehead atoms. The Labute approximate surface area is 131 Å². The number of carbonyl (C=O) groups is 2. The molecular formula is C17H22N2O3. The van der Waals surface area contributed by atoms with Crippen LogP contribution in [0, 0.1) is 0 Å². The number of hydrogen-bond donors (Lipinski definition) is 0. The van der Waals surface area contributed by atoms with Crippen LogP contribution >= 0.6 is 0 Å². The lowest BCUT2D eigenvalue weighted by Gasteiger charge is -2.34. The molecule has 0 aliphatic carbocycles. The van der Waals surface area contributed by atoms with Crippen LogP contribution in [0.4, 0.5) is 0 Å². The molecule has 1 fully saturated rings. The van der Waals surface area contributed by atoms with E-state index < -0.39 is 0 Å². The quantitative estimate of drug-likeness (QED) is 0.591. The normalized spacial score (nSPS) is 15.4. The summed E-state index contributed by atoms with van der Waals surface area (Å²) in [5.74, 6) is 0.609. The van der Waals surface area contributed by atoms with Crippen LogP contribution in [0.1, 0.15) is 17.3 Å². The Balaban J connectivity index is 1.78. The summed E-state index contributed by atoms with van der Waals surface area (Å²) in [7, 11) is 0. The van der Waals surface area contributed by atoms with Crippen molar-refractivity contribution in [2.24, 2.45) is 0 Å². The Morgan fingerprint density at radius 3 is 2.36 bits per heavy atom. The zero-order valence-electron chi connectivity index (χ0n) is 13.0. The van der Waals surface area contributed by atoms with E-state index in [-0.39, 0.29) is 18.3 Å². The second-order valence-electron chi connectivity index (χ2n) is 5.34. The van der Waals surface area contributed by atoms with Crippen molar-refractivity contribution >= 4 is 11.7 Å². The predicted molar refractivity (Wildman–Crippen MR) is 85.2 cm³/mol. The van der Waals surface area contributed by atoms with Gasteiger partial charge in [-0.1, -0.05) is 6.08 Å². The third-order valence-electron chi connectivity index (χ3n) is 3.74. The fourth-order valence-corrected chi connectivity index (χ4v) is 2.38. The van der Waals surface area contributed by atoms with Crippen LogP contribution in [0.25, 0.3) is 0 Å². The maximum Gasteiger partial charge on any atom is 0.260 e. The van der Waals surface area contributed by atoms with Crippen molar-refractivity contribution < 1.29 is 14.3 Å². The van der Waals surface area contributed by atoms with Gasteiger partial charge in [-0.05, 0) is 31.2 Å². The van der Waals surface area contributed by atoms with E-state index in [0.29, 0.717) is 11.3 Å². The summed E-state index contributed by atoms with van der Waals surface area (Å²) >= 11 is 0. The molecule has 1 aliphatic heterocycles. The van der Waals surface area contributed by atoms with Crippen LogP contribution in [0.5, 0.6) is 5.75 Å². The third kappa shape index (κ3) is 4.43.